The Morgan fingerprint density at radius 2 is 2.03 bits per heavy atom. The van der Waals surface area contributed by atoms with Gasteiger partial charge in [0.1, 0.15) is 5.58 Å². The highest BCUT2D eigenvalue weighted by Crippen LogP contribution is 2.31. The van der Waals surface area contributed by atoms with E-state index in [-0.39, 0.29) is 28.7 Å². The topological polar surface area (TPSA) is 98.7 Å². The molecule has 32 heavy (non-hydrogen) atoms. The number of anilines is 1. The summed E-state index contributed by atoms with van der Waals surface area (Å²) in [6, 6.07) is 8.26. The number of halogens is 3. The molecule has 3 aromatic heterocycles. The van der Waals surface area contributed by atoms with Crippen LogP contribution in [0, 0.1) is 0 Å². The molecule has 0 saturated heterocycles. The third kappa shape index (κ3) is 4.54. The molecule has 0 bridgehead atoms. The Balaban J connectivity index is 1.62. The summed E-state index contributed by atoms with van der Waals surface area (Å²) in [7, 11) is 0. The van der Waals surface area contributed by atoms with Crippen LogP contribution in [0.4, 0.5) is 23.7 Å². The highest BCUT2D eigenvalue weighted by molar-refractivity contribution is 7.98. The number of aromatic nitrogens is 3. The summed E-state index contributed by atoms with van der Waals surface area (Å²) in [5, 5.41) is 11.2. The van der Waals surface area contributed by atoms with Gasteiger partial charge in [0, 0.05) is 35.2 Å². The molecule has 1 N–H and O–H groups in total. The predicted octanol–water partition coefficient (Wildman–Crippen LogP) is 4.72. The summed E-state index contributed by atoms with van der Waals surface area (Å²) in [5.41, 5.74) is 0.0612. The number of carbonyl (C=O) groups is 1. The molecular weight excluding hydrogens is 449 g/mol. The highest BCUT2D eigenvalue weighted by atomic mass is 32.2. The maximum atomic E-state index is 13.0. The maximum absolute atomic E-state index is 13.0. The first-order chi connectivity index (χ1) is 15.2. The molecule has 0 aliphatic carbocycles. The van der Waals surface area contributed by atoms with Gasteiger partial charge in [0.15, 0.2) is 10.8 Å². The van der Waals surface area contributed by atoms with Gasteiger partial charge < -0.3 is 9.15 Å². The Morgan fingerprint density at radius 3 is 2.78 bits per heavy atom. The van der Waals surface area contributed by atoms with Gasteiger partial charge in [-0.1, -0.05) is 11.8 Å². The van der Waals surface area contributed by atoms with Crippen LogP contribution in [0.5, 0.6) is 0 Å². The number of alkyl halides is 3. The van der Waals surface area contributed by atoms with Crippen LogP contribution in [0.2, 0.25) is 0 Å². The van der Waals surface area contributed by atoms with Gasteiger partial charge in [-0.2, -0.15) is 13.2 Å². The molecule has 8 nitrogen and oxygen atoms in total. The van der Waals surface area contributed by atoms with E-state index in [1.54, 1.807) is 19.1 Å². The van der Waals surface area contributed by atoms with Crippen molar-refractivity contribution in [3.63, 3.8) is 0 Å². The van der Waals surface area contributed by atoms with Crippen molar-refractivity contribution in [2.75, 3.05) is 11.9 Å². The Labute approximate surface area is 182 Å². The van der Waals surface area contributed by atoms with Crippen LogP contribution in [0.3, 0.4) is 0 Å². The molecule has 0 spiro atoms. The quantitative estimate of drug-likeness (QED) is 0.337. The largest absolute Gasteiger partial charge is 0.450 e. The molecule has 0 aliphatic heterocycles. The molecule has 1 amide bonds. The second-order valence-corrected chi connectivity index (χ2v) is 7.50. The second kappa shape index (κ2) is 8.54. The minimum Gasteiger partial charge on any atom is -0.450 e. The minimum absolute atomic E-state index is 0.206. The van der Waals surface area contributed by atoms with Crippen molar-refractivity contribution in [1.82, 2.24) is 14.6 Å². The average Bonchev–Trinajstić information content (AvgIpc) is 3.13. The molecule has 4 rings (SSSR count). The number of nitrogens with one attached hydrogen (secondary N) is 1. The predicted molar refractivity (Wildman–Crippen MR) is 111 cm³/mol. The highest BCUT2D eigenvalue weighted by Gasteiger charge is 2.31. The fourth-order valence-electron chi connectivity index (χ4n) is 2.99. The fraction of sp³-hybridized carbons (Fsp3) is 0.200. The second-order valence-electron chi connectivity index (χ2n) is 6.56. The molecule has 12 heteroatoms. The molecule has 1 aromatic carbocycles. The standard InChI is InChI=1S/C20H15F3N4O4S/c1-2-30-19(29)24-13-4-5-14-11(7-17(28)31-15(14)8-13)10-32-18-26-25-16-6-3-12(9-27(16)18)20(21,22)23/h3-9H,2,10H2,1H3,(H,24,29). The van der Waals surface area contributed by atoms with Gasteiger partial charge in [0.05, 0.1) is 12.2 Å². The van der Waals surface area contributed by atoms with Gasteiger partial charge in [0.25, 0.3) is 0 Å². The zero-order valence-electron chi connectivity index (χ0n) is 16.5. The van der Waals surface area contributed by atoms with Crippen LogP contribution < -0.4 is 10.9 Å². The zero-order chi connectivity index (χ0) is 22.9. The van der Waals surface area contributed by atoms with Crippen LogP contribution in [-0.2, 0) is 16.7 Å². The SMILES string of the molecule is CCOC(=O)Nc1ccc2c(CSc3nnc4ccc(C(F)(F)F)cn34)cc(=O)oc2c1. The zero-order valence-corrected chi connectivity index (χ0v) is 17.3. The first-order valence-corrected chi connectivity index (χ1v) is 10.3. The lowest BCUT2D eigenvalue weighted by atomic mass is 10.1. The molecule has 0 aliphatic rings. The van der Waals surface area contributed by atoms with Crippen LogP contribution in [0.15, 0.2) is 57.0 Å². The van der Waals surface area contributed by atoms with E-state index >= 15 is 0 Å². The Morgan fingerprint density at radius 1 is 1.22 bits per heavy atom. The first-order valence-electron chi connectivity index (χ1n) is 9.30. The molecule has 3 heterocycles. The van der Waals surface area contributed by atoms with E-state index in [0.717, 1.165) is 24.0 Å². The van der Waals surface area contributed by atoms with Gasteiger partial charge in [-0.3, -0.25) is 9.72 Å². The normalized spacial score (nSPS) is 11.8. The lowest BCUT2D eigenvalue weighted by Crippen LogP contribution is -2.13. The number of rotatable bonds is 5. The van der Waals surface area contributed by atoms with E-state index in [1.807, 2.05) is 0 Å². The third-order valence-corrected chi connectivity index (χ3v) is 5.40. The van der Waals surface area contributed by atoms with Crippen LogP contribution in [0.1, 0.15) is 18.1 Å². The molecule has 4 aromatic rings. The number of fused-ring (bicyclic) bond motifs is 2. The molecule has 0 unspecified atom stereocenters. The lowest BCUT2D eigenvalue weighted by Gasteiger charge is -2.09. The Bertz CT molecular complexity index is 1370. The van der Waals surface area contributed by atoms with Crippen molar-refractivity contribution < 1.29 is 27.1 Å². The van der Waals surface area contributed by atoms with Gasteiger partial charge in [0.2, 0.25) is 0 Å². The van der Waals surface area contributed by atoms with Gasteiger partial charge in [-0.15, -0.1) is 10.2 Å². The summed E-state index contributed by atoms with van der Waals surface area (Å²) in [6.07, 6.45) is -4.20. The minimum atomic E-state index is -4.50. The Hall–Kier alpha value is -3.54. The monoisotopic (exact) mass is 464 g/mol. The van der Waals surface area contributed by atoms with Gasteiger partial charge >= 0.3 is 17.9 Å². The summed E-state index contributed by atoms with van der Waals surface area (Å²) in [5.74, 6) is 0.226. The smallest absolute Gasteiger partial charge is 0.417 e. The molecule has 0 fully saturated rings. The molecule has 0 radical (unpaired) electrons. The number of benzene rings is 1. The van der Waals surface area contributed by atoms with Crippen LogP contribution >= 0.6 is 11.8 Å². The maximum Gasteiger partial charge on any atom is 0.417 e. The van der Waals surface area contributed by atoms with Gasteiger partial charge in [-0.05, 0) is 36.8 Å². The van der Waals surface area contributed by atoms with E-state index in [1.165, 1.54) is 22.6 Å². The number of nitrogens with zero attached hydrogens (tertiary/aromatic N) is 3. The Kier molecular flexibility index (Phi) is 5.78. The van der Waals surface area contributed by atoms with Crippen molar-refractivity contribution in [1.29, 1.82) is 0 Å². The van der Waals surface area contributed by atoms with E-state index in [4.69, 9.17) is 9.15 Å². The van der Waals surface area contributed by atoms with Crippen molar-refractivity contribution in [3.8, 4) is 0 Å². The first kappa shape index (κ1) is 21.7. The van der Waals surface area contributed by atoms with E-state index in [0.29, 0.717) is 16.6 Å². The van der Waals surface area contributed by atoms with Crippen LogP contribution in [-0.4, -0.2) is 27.3 Å². The molecular formula is C20H15F3N4O4S. The number of carbonyl (C=O) groups excluding carboxylic acids is 1. The lowest BCUT2D eigenvalue weighted by molar-refractivity contribution is -0.137. The summed E-state index contributed by atoms with van der Waals surface area (Å²) >= 11 is 1.13. The van der Waals surface area contributed by atoms with Crippen molar-refractivity contribution in [2.24, 2.45) is 0 Å². The molecule has 0 saturated carbocycles. The van der Waals surface area contributed by atoms with E-state index < -0.39 is 23.5 Å². The number of thioether (sulfide) groups is 1. The number of ether oxygens (including phenoxy) is 1. The third-order valence-electron chi connectivity index (χ3n) is 4.41. The van der Waals surface area contributed by atoms with E-state index in [9.17, 15) is 22.8 Å². The fourth-order valence-corrected chi connectivity index (χ4v) is 3.90. The number of hydrogen-bond donors (Lipinski definition) is 1. The summed E-state index contributed by atoms with van der Waals surface area (Å²) in [4.78, 5) is 23.6. The van der Waals surface area contributed by atoms with Crippen molar-refractivity contribution >= 4 is 40.2 Å². The van der Waals surface area contributed by atoms with Crippen molar-refractivity contribution in [2.45, 2.75) is 24.0 Å². The summed E-state index contributed by atoms with van der Waals surface area (Å²) in [6.45, 7) is 1.88. The van der Waals surface area contributed by atoms with Crippen LogP contribution in [0.25, 0.3) is 16.6 Å². The average molecular weight is 464 g/mol. The number of hydrogen-bond acceptors (Lipinski definition) is 7. The molecule has 0 atom stereocenters. The number of amides is 1. The summed E-state index contributed by atoms with van der Waals surface area (Å²) < 4.78 is 50.4. The van der Waals surface area contributed by atoms with Crippen molar-refractivity contribution in [3.05, 3.63) is 64.1 Å². The van der Waals surface area contributed by atoms with Gasteiger partial charge in [-0.25, -0.2) is 9.59 Å². The number of pyridine rings is 1. The van der Waals surface area contributed by atoms with E-state index in [2.05, 4.69) is 15.5 Å². The molecule has 166 valence electrons.